The number of carboxylic acids is 1. The number of hydrogen-bond acceptors (Lipinski definition) is 4. The Morgan fingerprint density at radius 3 is 3.00 bits per heavy atom. The summed E-state index contributed by atoms with van der Waals surface area (Å²) in [5.41, 5.74) is 1.18. The van der Waals surface area contributed by atoms with Gasteiger partial charge in [-0.25, -0.2) is 4.79 Å². The first-order valence-corrected chi connectivity index (χ1v) is 6.83. The maximum atomic E-state index is 11.7. The lowest BCUT2D eigenvalue weighted by atomic mass is 10.1. The Hall–Kier alpha value is -2.34. The Labute approximate surface area is 121 Å². The van der Waals surface area contributed by atoms with Crippen LogP contribution in [0.5, 0.6) is 0 Å². The van der Waals surface area contributed by atoms with E-state index < -0.39 is 5.97 Å². The van der Waals surface area contributed by atoms with Crippen LogP contribution in [-0.4, -0.2) is 41.0 Å². The zero-order valence-corrected chi connectivity index (χ0v) is 11.6. The average Bonchev–Trinajstić information content (AvgIpc) is 2.83. The molecule has 21 heavy (non-hydrogen) atoms. The van der Waals surface area contributed by atoms with Gasteiger partial charge in [-0.05, 0) is 13.0 Å². The molecule has 2 aromatic rings. The second kappa shape index (κ2) is 5.21. The molecule has 6 heteroatoms. The van der Waals surface area contributed by atoms with Crippen LogP contribution in [0.1, 0.15) is 23.0 Å². The smallest absolute Gasteiger partial charge is 0.372 e. The van der Waals surface area contributed by atoms with Crippen LogP contribution in [0.2, 0.25) is 0 Å². The van der Waals surface area contributed by atoms with E-state index in [1.165, 1.54) is 0 Å². The molecular weight excluding hydrogens is 272 g/mol. The zero-order chi connectivity index (χ0) is 15.0. The summed E-state index contributed by atoms with van der Waals surface area (Å²) in [7, 11) is 0. The molecule has 6 nitrogen and oxygen atoms in total. The lowest BCUT2D eigenvalue weighted by Crippen LogP contribution is -2.53. The quantitative estimate of drug-likeness (QED) is 0.893. The number of amides is 1. The molecule has 3 rings (SSSR count). The van der Waals surface area contributed by atoms with Crippen LogP contribution in [0.25, 0.3) is 11.0 Å². The number of carboxylic acid groups (broad SMARTS) is 1. The molecule has 0 saturated carbocycles. The van der Waals surface area contributed by atoms with Crippen molar-refractivity contribution in [3.8, 4) is 0 Å². The third-order valence-corrected chi connectivity index (χ3v) is 3.88. The van der Waals surface area contributed by atoms with Gasteiger partial charge in [0.25, 0.3) is 0 Å². The minimum atomic E-state index is -1.09. The highest BCUT2D eigenvalue weighted by atomic mass is 16.4. The summed E-state index contributed by atoms with van der Waals surface area (Å²) >= 11 is 0. The van der Waals surface area contributed by atoms with E-state index in [0.29, 0.717) is 30.8 Å². The molecule has 1 amide bonds. The van der Waals surface area contributed by atoms with Gasteiger partial charge >= 0.3 is 5.97 Å². The van der Waals surface area contributed by atoms with Gasteiger partial charge < -0.3 is 14.8 Å². The van der Waals surface area contributed by atoms with Crippen molar-refractivity contribution in [1.29, 1.82) is 0 Å². The number of carbonyl (C=O) groups is 2. The molecule has 1 aromatic carbocycles. The normalized spacial score (nSPS) is 19.7. The largest absolute Gasteiger partial charge is 0.475 e. The standard InChI is InChI=1S/C15H16N2O4/c1-9-14(18)16-6-7-17(9)8-11-10-4-2-3-5-12(10)21-13(11)15(19)20/h2-5,9H,6-8H2,1H3,(H,16,18)(H,19,20). The van der Waals surface area contributed by atoms with E-state index in [1.807, 2.05) is 24.0 Å². The minimum absolute atomic E-state index is 0.0362. The van der Waals surface area contributed by atoms with E-state index in [1.54, 1.807) is 12.1 Å². The van der Waals surface area contributed by atoms with E-state index in [0.717, 1.165) is 5.39 Å². The van der Waals surface area contributed by atoms with Gasteiger partial charge in [-0.3, -0.25) is 9.69 Å². The number of nitrogens with one attached hydrogen (secondary N) is 1. The van der Waals surface area contributed by atoms with Crippen LogP contribution < -0.4 is 5.32 Å². The van der Waals surface area contributed by atoms with Gasteiger partial charge in [0.15, 0.2) is 0 Å². The second-order valence-corrected chi connectivity index (χ2v) is 5.15. The molecule has 1 aromatic heterocycles. The third-order valence-electron chi connectivity index (χ3n) is 3.88. The molecule has 0 aliphatic carbocycles. The fourth-order valence-corrected chi connectivity index (χ4v) is 2.68. The summed E-state index contributed by atoms with van der Waals surface area (Å²) in [5, 5.41) is 12.9. The number of benzene rings is 1. The minimum Gasteiger partial charge on any atom is -0.475 e. The molecule has 2 N–H and O–H groups in total. The van der Waals surface area contributed by atoms with E-state index in [9.17, 15) is 14.7 Å². The summed E-state index contributed by atoms with van der Waals surface area (Å²) in [6.45, 7) is 3.46. The van der Waals surface area contributed by atoms with Crippen molar-refractivity contribution in [2.75, 3.05) is 13.1 Å². The molecule has 1 aliphatic rings. The Bertz CT molecular complexity index is 707. The Balaban J connectivity index is 2.01. The first kappa shape index (κ1) is 13.6. The number of nitrogens with zero attached hydrogens (tertiary/aromatic N) is 1. The number of furan rings is 1. The topological polar surface area (TPSA) is 82.8 Å². The third kappa shape index (κ3) is 2.38. The summed E-state index contributed by atoms with van der Waals surface area (Å²) in [5.74, 6) is -1.17. The molecule has 0 bridgehead atoms. The van der Waals surface area contributed by atoms with Gasteiger partial charge in [0.05, 0.1) is 6.04 Å². The molecule has 1 fully saturated rings. The number of hydrogen-bond donors (Lipinski definition) is 2. The first-order chi connectivity index (χ1) is 10.1. The molecule has 2 heterocycles. The van der Waals surface area contributed by atoms with Gasteiger partial charge in [-0.1, -0.05) is 18.2 Å². The summed E-state index contributed by atoms with van der Waals surface area (Å²) < 4.78 is 5.44. The Kier molecular flexibility index (Phi) is 3.39. The molecular formula is C15H16N2O4. The van der Waals surface area contributed by atoms with Gasteiger partial charge in [0, 0.05) is 30.6 Å². The van der Waals surface area contributed by atoms with Crippen molar-refractivity contribution < 1.29 is 19.1 Å². The van der Waals surface area contributed by atoms with Gasteiger partial charge in [0.2, 0.25) is 11.7 Å². The van der Waals surface area contributed by atoms with Crippen molar-refractivity contribution in [3.63, 3.8) is 0 Å². The fraction of sp³-hybridized carbons (Fsp3) is 0.333. The fourth-order valence-electron chi connectivity index (χ4n) is 2.68. The molecule has 1 atom stereocenters. The van der Waals surface area contributed by atoms with Gasteiger partial charge in [-0.2, -0.15) is 0 Å². The predicted octanol–water partition coefficient (Wildman–Crippen LogP) is 1.45. The van der Waals surface area contributed by atoms with E-state index in [-0.39, 0.29) is 17.7 Å². The molecule has 0 spiro atoms. The molecule has 0 radical (unpaired) electrons. The molecule has 110 valence electrons. The van der Waals surface area contributed by atoms with Crippen LogP contribution in [0.15, 0.2) is 28.7 Å². The van der Waals surface area contributed by atoms with Gasteiger partial charge in [-0.15, -0.1) is 0 Å². The highest BCUT2D eigenvalue weighted by molar-refractivity contribution is 5.95. The first-order valence-electron chi connectivity index (χ1n) is 6.83. The predicted molar refractivity (Wildman–Crippen MR) is 76.1 cm³/mol. The van der Waals surface area contributed by atoms with Crippen molar-refractivity contribution in [3.05, 3.63) is 35.6 Å². The van der Waals surface area contributed by atoms with Crippen molar-refractivity contribution in [2.24, 2.45) is 0 Å². The maximum absolute atomic E-state index is 11.7. The molecule has 1 aliphatic heterocycles. The van der Waals surface area contributed by atoms with Crippen molar-refractivity contribution in [1.82, 2.24) is 10.2 Å². The van der Waals surface area contributed by atoms with Crippen LogP contribution in [0.4, 0.5) is 0 Å². The second-order valence-electron chi connectivity index (χ2n) is 5.15. The zero-order valence-electron chi connectivity index (χ0n) is 11.6. The van der Waals surface area contributed by atoms with Crippen molar-refractivity contribution >= 4 is 22.8 Å². The Morgan fingerprint density at radius 1 is 1.48 bits per heavy atom. The molecule has 1 unspecified atom stereocenters. The van der Waals surface area contributed by atoms with Crippen LogP contribution >= 0.6 is 0 Å². The van der Waals surface area contributed by atoms with Crippen LogP contribution in [-0.2, 0) is 11.3 Å². The highest BCUT2D eigenvalue weighted by Gasteiger charge is 2.28. The summed E-state index contributed by atoms with van der Waals surface area (Å²) in [4.78, 5) is 25.1. The summed E-state index contributed by atoms with van der Waals surface area (Å²) in [6, 6.07) is 6.96. The average molecular weight is 288 g/mol. The number of rotatable bonds is 3. The Morgan fingerprint density at radius 2 is 2.24 bits per heavy atom. The summed E-state index contributed by atoms with van der Waals surface area (Å²) in [6.07, 6.45) is 0. The van der Waals surface area contributed by atoms with E-state index in [4.69, 9.17) is 4.42 Å². The van der Waals surface area contributed by atoms with E-state index >= 15 is 0 Å². The maximum Gasteiger partial charge on any atom is 0.372 e. The SMILES string of the molecule is CC1C(=O)NCCN1Cc1c(C(=O)O)oc2ccccc12. The van der Waals surface area contributed by atoms with Crippen LogP contribution in [0, 0.1) is 0 Å². The van der Waals surface area contributed by atoms with Crippen LogP contribution in [0.3, 0.4) is 0 Å². The molecule has 1 saturated heterocycles. The number of para-hydroxylation sites is 1. The van der Waals surface area contributed by atoms with Crippen molar-refractivity contribution in [2.45, 2.75) is 19.5 Å². The highest BCUT2D eigenvalue weighted by Crippen LogP contribution is 2.28. The number of piperazine rings is 1. The lowest BCUT2D eigenvalue weighted by Gasteiger charge is -2.32. The monoisotopic (exact) mass is 288 g/mol. The number of aromatic carboxylic acids is 1. The lowest BCUT2D eigenvalue weighted by molar-refractivity contribution is -0.128. The van der Waals surface area contributed by atoms with E-state index in [2.05, 4.69) is 5.32 Å². The number of fused-ring (bicyclic) bond motifs is 1. The van der Waals surface area contributed by atoms with Gasteiger partial charge in [0.1, 0.15) is 5.58 Å². The number of carbonyl (C=O) groups excluding carboxylic acids is 1.